The summed E-state index contributed by atoms with van der Waals surface area (Å²) in [5, 5.41) is 0.586. The lowest BCUT2D eigenvalue weighted by atomic mass is 10.2. The van der Waals surface area contributed by atoms with Crippen LogP contribution < -0.4 is 16.2 Å². The van der Waals surface area contributed by atoms with Crippen LogP contribution in [0.4, 0.5) is 11.6 Å². The van der Waals surface area contributed by atoms with Crippen molar-refractivity contribution < 1.29 is 4.74 Å². The predicted molar refractivity (Wildman–Crippen MR) is 83.9 cm³/mol. The summed E-state index contributed by atoms with van der Waals surface area (Å²) in [5.41, 5.74) is 2.61. The zero-order valence-corrected chi connectivity index (χ0v) is 13.1. The van der Waals surface area contributed by atoms with E-state index in [1.807, 2.05) is 24.8 Å². The van der Waals surface area contributed by atoms with E-state index in [4.69, 9.17) is 10.6 Å². The summed E-state index contributed by atoms with van der Waals surface area (Å²) in [6.07, 6.45) is 0. The molecule has 0 aliphatic carbocycles. The van der Waals surface area contributed by atoms with Crippen molar-refractivity contribution >= 4 is 23.4 Å². The van der Waals surface area contributed by atoms with Crippen LogP contribution in [0.1, 0.15) is 26.6 Å². The largest absolute Gasteiger partial charge is 0.374 e. The second kappa shape index (κ2) is 7.10. The molecule has 1 aromatic heterocycles. The first-order valence-corrected chi connectivity index (χ1v) is 8.01. The maximum Gasteiger partial charge on any atom is 0.158 e. The fourth-order valence-corrected chi connectivity index (χ4v) is 3.32. The summed E-state index contributed by atoms with van der Waals surface area (Å²) in [5.74, 6) is 8.83. The third-order valence-electron chi connectivity index (χ3n) is 3.52. The van der Waals surface area contributed by atoms with Gasteiger partial charge in [0.25, 0.3) is 0 Å². The number of nitrogens with one attached hydrogen (secondary N) is 1. The van der Waals surface area contributed by atoms with E-state index >= 15 is 0 Å². The summed E-state index contributed by atoms with van der Waals surface area (Å²) in [6.45, 7) is 8.49. The van der Waals surface area contributed by atoms with Gasteiger partial charge in [0.2, 0.25) is 0 Å². The molecule has 0 aromatic carbocycles. The topological polar surface area (TPSA) is 76.3 Å². The molecule has 2 rings (SSSR count). The maximum absolute atomic E-state index is 5.50. The van der Waals surface area contributed by atoms with Gasteiger partial charge in [0.05, 0.1) is 0 Å². The molecule has 1 fully saturated rings. The van der Waals surface area contributed by atoms with Crippen molar-refractivity contribution in [2.24, 2.45) is 5.84 Å². The number of hydrazine groups is 1. The van der Waals surface area contributed by atoms with Gasteiger partial charge >= 0.3 is 0 Å². The quantitative estimate of drug-likeness (QED) is 0.632. The number of nitrogens with zero attached hydrogens (tertiary/aromatic N) is 3. The molecular formula is C13H23N5OS. The Morgan fingerprint density at radius 3 is 3.00 bits per heavy atom. The molecule has 1 aliphatic heterocycles. The Bertz CT molecular complexity index is 445. The Labute approximate surface area is 124 Å². The standard InChI is InChI=1S/C13H23N5OS/c1-4-19-8-12-15-11(17-14)7-13(16-12)18-5-6-20-10(3)9(18)2/h7,9-10H,4-6,8,14H2,1-3H3,(H,15,16,17). The minimum Gasteiger partial charge on any atom is -0.374 e. The Kier molecular flexibility index (Phi) is 5.45. The SMILES string of the molecule is CCOCc1nc(NN)cc(N2CCSC(C)C2C)n1. The van der Waals surface area contributed by atoms with E-state index < -0.39 is 0 Å². The van der Waals surface area contributed by atoms with Crippen LogP contribution in [0.2, 0.25) is 0 Å². The zero-order chi connectivity index (χ0) is 14.5. The Hall–Kier alpha value is -1.05. The molecule has 0 amide bonds. The van der Waals surface area contributed by atoms with Crippen molar-refractivity contribution in [1.29, 1.82) is 0 Å². The monoisotopic (exact) mass is 297 g/mol. The molecule has 3 N–H and O–H groups in total. The van der Waals surface area contributed by atoms with Gasteiger partial charge in [0, 0.05) is 36.3 Å². The fourth-order valence-electron chi connectivity index (χ4n) is 2.22. The third-order valence-corrected chi connectivity index (χ3v) is 4.86. The molecule has 112 valence electrons. The third kappa shape index (κ3) is 3.53. The molecule has 2 heterocycles. The molecule has 1 aromatic rings. The van der Waals surface area contributed by atoms with Gasteiger partial charge in [-0.05, 0) is 13.8 Å². The first-order valence-electron chi connectivity index (χ1n) is 6.96. The summed E-state index contributed by atoms with van der Waals surface area (Å²) < 4.78 is 5.39. The highest BCUT2D eigenvalue weighted by molar-refractivity contribution is 8.00. The number of nitrogens with two attached hydrogens (primary N) is 1. The van der Waals surface area contributed by atoms with Crippen molar-refractivity contribution in [3.8, 4) is 0 Å². The smallest absolute Gasteiger partial charge is 0.158 e. The minimum absolute atomic E-state index is 0.408. The van der Waals surface area contributed by atoms with Crippen LogP contribution in [0.15, 0.2) is 6.07 Å². The van der Waals surface area contributed by atoms with Crippen molar-refractivity contribution in [3.05, 3.63) is 11.9 Å². The molecule has 7 heteroatoms. The minimum atomic E-state index is 0.408. The Morgan fingerprint density at radius 1 is 1.50 bits per heavy atom. The number of thioether (sulfide) groups is 1. The fraction of sp³-hybridized carbons (Fsp3) is 0.692. The molecule has 0 spiro atoms. The summed E-state index contributed by atoms with van der Waals surface area (Å²) in [4.78, 5) is 11.3. The van der Waals surface area contributed by atoms with Crippen molar-refractivity contribution in [1.82, 2.24) is 9.97 Å². The van der Waals surface area contributed by atoms with Crippen molar-refractivity contribution in [2.45, 2.75) is 38.7 Å². The van der Waals surface area contributed by atoms with E-state index in [9.17, 15) is 0 Å². The normalized spacial score (nSPS) is 22.9. The van der Waals surface area contributed by atoms with Gasteiger partial charge in [-0.3, -0.25) is 0 Å². The number of rotatable bonds is 5. The van der Waals surface area contributed by atoms with Crippen molar-refractivity contribution in [3.63, 3.8) is 0 Å². The molecule has 0 saturated carbocycles. The average Bonchev–Trinajstić information content (AvgIpc) is 2.47. The Balaban J connectivity index is 2.24. The number of aromatic nitrogens is 2. The van der Waals surface area contributed by atoms with E-state index in [0.29, 0.717) is 36.1 Å². The summed E-state index contributed by atoms with van der Waals surface area (Å²) in [6, 6.07) is 2.34. The van der Waals surface area contributed by atoms with E-state index in [1.165, 1.54) is 0 Å². The molecule has 2 unspecified atom stereocenters. The van der Waals surface area contributed by atoms with Gasteiger partial charge < -0.3 is 15.1 Å². The van der Waals surface area contributed by atoms with Gasteiger partial charge in [-0.2, -0.15) is 11.8 Å². The van der Waals surface area contributed by atoms with E-state index in [0.717, 1.165) is 18.1 Å². The highest BCUT2D eigenvalue weighted by atomic mass is 32.2. The summed E-state index contributed by atoms with van der Waals surface area (Å²) in [7, 11) is 0. The van der Waals surface area contributed by atoms with E-state index in [-0.39, 0.29) is 0 Å². The molecule has 20 heavy (non-hydrogen) atoms. The molecule has 0 bridgehead atoms. The molecule has 2 atom stereocenters. The number of hydrogen-bond acceptors (Lipinski definition) is 7. The van der Waals surface area contributed by atoms with Crippen LogP contribution >= 0.6 is 11.8 Å². The average molecular weight is 297 g/mol. The Morgan fingerprint density at radius 2 is 2.30 bits per heavy atom. The van der Waals surface area contributed by atoms with Gasteiger partial charge in [-0.1, -0.05) is 6.92 Å². The predicted octanol–water partition coefficient (Wildman–Crippen LogP) is 1.63. The number of nitrogen functional groups attached to an aromatic ring is 1. The van der Waals surface area contributed by atoms with Gasteiger partial charge in [0.1, 0.15) is 18.2 Å². The van der Waals surface area contributed by atoms with Crippen LogP contribution in [-0.4, -0.2) is 40.2 Å². The van der Waals surface area contributed by atoms with Crippen LogP contribution in [0.25, 0.3) is 0 Å². The van der Waals surface area contributed by atoms with Crippen LogP contribution in [0.3, 0.4) is 0 Å². The van der Waals surface area contributed by atoms with Crippen LogP contribution in [0, 0.1) is 0 Å². The number of hydrogen-bond donors (Lipinski definition) is 2. The highest BCUT2D eigenvalue weighted by Gasteiger charge is 2.26. The first kappa shape index (κ1) is 15.3. The zero-order valence-electron chi connectivity index (χ0n) is 12.3. The van der Waals surface area contributed by atoms with Gasteiger partial charge in [0.15, 0.2) is 5.82 Å². The lowest BCUT2D eigenvalue weighted by Crippen LogP contribution is -2.45. The van der Waals surface area contributed by atoms with Gasteiger partial charge in [-0.25, -0.2) is 15.8 Å². The highest BCUT2D eigenvalue weighted by Crippen LogP contribution is 2.28. The number of anilines is 2. The van der Waals surface area contributed by atoms with E-state index in [1.54, 1.807) is 0 Å². The first-order chi connectivity index (χ1) is 9.65. The summed E-state index contributed by atoms with van der Waals surface area (Å²) >= 11 is 2.00. The lowest BCUT2D eigenvalue weighted by Gasteiger charge is -2.38. The second-order valence-electron chi connectivity index (χ2n) is 4.82. The van der Waals surface area contributed by atoms with E-state index in [2.05, 4.69) is 34.1 Å². The van der Waals surface area contributed by atoms with Gasteiger partial charge in [-0.15, -0.1) is 0 Å². The lowest BCUT2D eigenvalue weighted by molar-refractivity contribution is 0.128. The number of ether oxygens (including phenoxy) is 1. The van der Waals surface area contributed by atoms with Crippen LogP contribution in [-0.2, 0) is 11.3 Å². The molecule has 1 aliphatic rings. The second-order valence-corrected chi connectivity index (χ2v) is 6.30. The maximum atomic E-state index is 5.50. The molecule has 0 radical (unpaired) electrons. The van der Waals surface area contributed by atoms with Crippen molar-refractivity contribution in [2.75, 3.05) is 29.2 Å². The molecule has 1 saturated heterocycles. The molecular weight excluding hydrogens is 274 g/mol. The van der Waals surface area contributed by atoms with Crippen LogP contribution in [0.5, 0.6) is 0 Å². The molecule has 6 nitrogen and oxygen atoms in total.